The molecule has 3 N–H and O–H groups in total. The van der Waals surface area contributed by atoms with Gasteiger partial charge in [0.15, 0.2) is 5.17 Å². The van der Waals surface area contributed by atoms with Crippen LogP contribution in [0.5, 0.6) is 0 Å². The Bertz CT molecular complexity index is 1120. The van der Waals surface area contributed by atoms with Crippen molar-refractivity contribution in [3.8, 4) is 6.07 Å². The summed E-state index contributed by atoms with van der Waals surface area (Å²) in [6.07, 6.45) is 0. The van der Waals surface area contributed by atoms with E-state index in [1.54, 1.807) is 36.1 Å². The zero-order valence-electron chi connectivity index (χ0n) is 15.4. The van der Waals surface area contributed by atoms with Gasteiger partial charge >= 0.3 is 0 Å². The number of hydrogen-bond donors (Lipinski definition) is 2. The Kier molecular flexibility index (Phi) is 4.82. The lowest BCUT2D eigenvalue weighted by Gasteiger charge is -2.35. The molecular weight excluding hydrogens is 389 g/mol. The number of allylic oxidation sites excluding steroid dienone is 2. The molecule has 0 radical (unpaired) electrons. The number of thioether (sulfide) groups is 1. The number of aliphatic imine (C=N–C) groups is 1. The molecule has 0 fully saturated rings. The van der Waals surface area contributed by atoms with Crippen molar-refractivity contribution in [2.45, 2.75) is 13.0 Å². The average Bonchev–Trinajstić information content (AvgIpc) is 3.03. The number of carbonyl (C=O) groups is 1. The molecule has 2 aliphatic rings. The summed E-state index contributed by atoms with van der Waals surface area (Å²) in [5.41, 5.74) is 8.42. The first-order chi connectivity index (χ1) is 14.0. The Morgan fingerprint density at radius 1 is 1.24 bits per heavy atom. The van der Waals surface area contributed by atoms with Crippen LogP contribution in [-0.2, 0) is 4.79 Å². The van der Waals surface area contributed by atoms with Crippen LogP contribution >= 0.6 is 11.8 Å². The van der Waals surface area contributed by atoms with Gasteiger partial charge in [0.2, 0.25) is 0 Å². The van der Waals surface area contributed by atoms with Crippen molar-refractivity contribution in [1.82, 2.24) is 4.90 Å². The summed E-state index contributed by atoms with van der Waals surface area (Å²) in [5.74, 6) is -0.497. The van der Waals surface area contributed by atoms with Gasteiger partial charge in [-0.05, 0) is 48.5 Å². The van der Waals surface area contributed by atoms with Crippen LogP contribution in [0, 0.1) is 17.1 Å². The average molecular weight is 405 g/mol. The second kappa shape index (κ2) is 7.45. The van der Waals surface area contributed by atoms with Crippen molar-refractivity contribution in [2.24, 2.45) is 10.7 Å². The quantitative estimate of drug-likeness (QED) is 0.809. The molecule has 6 nitrogen and oxygen atoms in total. The van der Waals surface area contributed by atoms with Gasteiger partial charge in [0, 0.05) is 5.69 Å². The third-order valence-corrected chi connectivity index (χ3v) is 5.62. The topological polar surface area (TPSA) is 94.5 Å². The number of nitrogens with one attached hydrogen (secondary N) is 1. The van der Waals surface area contributed by atoms with Gasteiger partial charge in [0.1, 0.15) is 22.6 Å². The van der Waals surface area contributed by atoms with Gasteiger partial charge in [-0.1, -0.05) is 30.3 Å². The minimum absolute atomic E-state index is 0.225. The highest BCUT2D eigenvalue weighted by molar-refractivity contribution is 8.17. The molecule has 0 aliphatic carbocycles. The molecule has 0 unspecified atom stereocenters. The maximum Gasteiger partial charge on any atom is 0.255 e. The summed E-state index contributed by atoms with van der Waals surface area (Å²) < 4.78 is 13.5. The number of para-hydroxylation sites is 1. The number of hydrogen-bond acceptors (Lipinski definition) is 6. The summed E-state index contributed by atoms with van der Waals surface area (Å²) in [6, 6.07) is 16.4. The number of amidine groups is 1. The summed E-state index contributed by atoms with van der Waals surface area (Å²) in [5, 5.41) is 12.8. The Hall–Kier alpha value is -3.57. The third-order valence-electron chi connectivity index (χ3n) is 4.64. The van der Waals surface area contributed by atoms with Crippen LogP contribution in [0.1, 0.15) is 18.5 Å². The van der Waals surface area contributed by atoms with Gasteiger partial charge in [-0.3, -0.25) is 9.69 Å². The van der Waals surface area contributed by atoms with E-state index in [1.165, 1.54) is 12.1 Å². The van der Waals surface area contributed by atoms with Crippen molar-refractivity contribution in [3.05, 3.63) is 88.0 Å². The Morgan fingerprint density at radius 3 is 2.59 bits per heavy atom. The first-order valence-electron chi connectivity index (χ1n) is 8.78. The second-order valence-corrected chi connectivity index (χ2v) is 7.44. The Balaban J connectivity index is 1.82. The van der Waals surface area contributed by atoms with Crippen LogP contribution in [-0.4, -0.2) is 16.0 Å². The molecule has 0 saturated heterocycles. The number of amides is 1. The molecule has 0 spiro atoms. The highest BCUT2D eigenvalue weighted by Crippen LogP contribution is 2.45. The first-order valence-corrected chi connectivity index (χ1v) is 9.59. The van der Waals surface area contributed by atoms with Crippen molar-refractivity contribution in [3.63, 3.8) is 0 Å². The SMILES string of the molecule is CC1=C(C(=O)Nc2ccccc2)[C@@H](c2ccc(F)cc2)N2C(=N1)SC(C#N)=C2N. The van der Waals surface area contributed by atoms with Gasteiger partial charge in [-0.2, -0.15) is 5.26 Å². The molecule has 8 heteroatoms. The van der Waals surface area contributed by atoms with Crippen LogP contribution in [0.25, 0.3) is 0 Å². The van der Waals surface area contributed by atoms with Gasteiger partial charge in [0.25, 0.3) is 5.91 Å². The van der Waals surface area contributed by atoms with E-state index in [-0.39, 0.29) is 17.5 Å². The molecule has 1 atom stereocenters. The smallest absolute Gasteiger partial charge is 0.255 e. The fourth-order valence-corrected chi connectivity index (χ4v) is 4.23. The van der Waals surface area contributed by atoms with Crippen molar-refractivity contribution >= 4 is 28.5 Å². The van der Waals surface area contributed by atoms with Crippen LogP contribution in [0.4, 0.5) is 10.1 Å². The number of carbonyl (C=O) groups excluding carboxylic acids is 1. The molecule has 0 aromatic heterocycles. The number of benzene rings is 2. The minimum atomic E-state index is -0.634. The molecule has 0 saturated carbocycles. The molecule has 0 bridgehead atoms. The van der Waals surface area contributed by atoms with E-state index in [4.69, 9.17) is 5.73 Å². The van der Waals surface area contributed by atoms with E-state index in [2.05, 4.69) is 16.4 Å². The van der Waals surface area contributed by atoms with E-state index in [0.29, 0.717) is 32.6 Å². The lowest BCUT2D eigenvalue weighted by Crippen LogP contribution is -2.39. The summed E-state index contributed by atoms with van der Waals surface area (Å²) in [7, 11) is 0. The van der Waals surface area contributed by atoms with Crippen LogP contribution in [0.3, 0.4) is 0 Å². The van der Waals surface area contributed by atoms with Gasteiger partial charge < -0.3 is 11.1 Å². The van der Waals surface area contributed by atoms with Crippen LogP contribution in [0.2, 0.25) is 0 Å². The molecule has 2 aliphatic heterocycles. The number of nitrogens with two attached hydrogens (primary N) is 1. The van der Waals surface area contributed by atoms with E-state index in [9.17, 15) is 14.4 Å². The van der Waals surface area contributed by atoms with Gasteiger partial charge in [-0.25, -0.2) is 9.38 Å². The van der Waals surface area contributed by atoms with Crippen molar-refractivity contribution in [2.75, 3.05) is 5.32 Å². The lowest BCUT2D eigenvalue weighted by atomic mass is 9.93. The fraction of sp³-hybridized carbons (Fsp3) is 0.0952. The number of anilines is 1. The Labute approximate surface area is 171 Å². The largest absolute Gasteiger partial charge is 0.383 e. The zero-order chi connectivity index (χ0) is 20.5. The standard InChI is InChI=1S/C21H16FN5OS/c1-12-17(20(28)26-15-5-3-2-4-6-15)18(13-7-9-14(22)10-8-13)27-19(24)16(11-23)29-21(27)25-12/h2-10,18H,24H2,1H3,(H,26,28)/t18-/m1/s1. The monoisotopic (exact) mass is 405 g/mol. The predicted octanol–water partition coefficient (Wildman–Crippen LogP) is 3.85. The Morgan fingerprint density at radius 2 is 1.93 bits per heavy atom. The molecule has 2 aromatic rings. The van der Waals surface area contributed by atoms with Crippen molar-refractivity contribution < 1.29 is 9.18 Å². The third kappa shape index (κ3) is 3.37. The first kappa shape index (κ1) is 18.8. The summed E-state index contributed by atoms with van der Waals surface area (Å²) >= 11 is 1.16. The van der Waals surface area contributed by atoms with Gasteiger partial charge in [0.05, 0.1) is 17.3 Å². The van der Waals surface area contributed by atoms with E-state index >= 15 is 0 Å². The lowest BCUT2D eigenvalue weighted by molar-refractivity contribution is -0.113. The summed E-state index contributed by atoms with van der Waals surface area (Å²) in [6.45, 7) is 1.74. The number of nitrogens with zero attached hydrogens (tertiary/aromatic N) is 3. The summed E-state index contributed by atoms with van der Waals surface area (Å²) in [4.78, 5) is 19.7. The highest BCUT2D eigenvalue weighted by atomic mass is 32.2. The fourth-order valence-electron chi connectivity index (χ4n) is 3.31. The van der Waals surface area contributed by atoms with E-state index in [1.807, 2.05) is 18.2 Å². The maximum absolute atomic E-state index is 13.5. The number of fused-ring (bicyclic) bond motifs is 1. The molecule has 2 heterocycles. The molecule has 29 heavy (non-hydrogen) atoms. The van der Waals surface area contributed by atoms with Crippen LogP contribution in [0.15, 0.2) is 81.6 Å². The highest BCUT2D eigenvalue weighted by Gasteiger charge is 2.42. The van der Waals surface area contributed by atoms with Crippen molar-refractivity contribution in [1.29, 1.82) is 5.26 Å². The normalized spacial score (nSPS) is 18.3. The molecule has 2 aromatic carbocycles. The van der Waals surface area contributed by atoms with E-state index < -0.39 is 6.04 Å². The maximum atomic E-state index is 13.5. The molecule has 144 valence electrons. The van der Waals surface area contributed by atoms with E-state index in [0.717, 1.165) is 11.8 Å². The van der Waals surface area contributed by atoms with Crippen LogP contribution < -0.4 is 11.1 Å². The molecular formula is C21H16FN5OS. The zero-order valence-corrected chi connectivity index (χ0v) is 16.2. The number of nitriles is 1. The molecule has 1 amide bonds. The minimum Gasteiger partial charge on any atom is -0.383 e. The second-order valence-electron chi connectivity index (χ2n) is 6.47. The molecule has 4 rings (SSSR count). The van der Waals surface area contributed by atoms with Gasteiger partial charge in [-0.15, -0.1) is 0 Å². The predicted molar refractivity (Wildman–Crippen MR) is 111 cm³/mol. The number of halogens is 1. The number of rotatable bonds is 3.